The molecule has 0 spiro atoms. The van der Waals surface area contributed by atoms with Crippen molar-refractivity contribution >= 4 is 27.8 Å². The highest BCUT2D eigenvalue weighted by Gasteiger charge is 2.40. The summed E-state index contributed by atoms with van der Waals surface area (Å²) < 4.78 is 0.785. The Morgan fingerprint density at radius 2 is 2.19 bits per heavy atom. The molecule has 0 saturated heterocycles. The first-order chi connectivity index (χ1) is 7.36. The highest BCUT2D eigenvalue weighted by molar-refractivity contribution is 9.10. The molecular weight excluding hydrogens is 276 g/mol. The van der Waals surface area contributed by atoms with Crippen molar-refractivity contribution in [3.63, 3.8) is 0 Å². The van der Waals surface area contributed by atoms with Crippen molar-refractivity contribution in [2.75, 3.05) is 0 Å². The standard InChI is InChI=1S/C10H11BrN2O3/c1-10(8(12)14,9(15)16)4-7-3-2-6(11)5-13-7/h2-3,5H,4H2,1H3,(H2,12,14)(H,15,16). The molecular formula is C10H11BrN2O3. The molecule has 1 aromatic rings. The molecule has 1 atom stereocenters. The fourth-order valence-electron chi connectivity index (χ4n) is 1.14. The van der Waals surface area contributed by atoms with Gasteiger partial charge in [0.1, 0.15) is 5.41 Å². The van der Waals surface area contributed by atoms with E-state index in [0.717, 1.165) is 4.47 Å². The van der Waals surface area contributed by atoms with Gasteiger partial charge in [0.05, 0.1) is 0 Å². The molecule has 1 unspecified atom stereocenters. The van der Waals surface area contributed by atoms with Crippen LogP contribution in [-0.2, 0) is 16.0 Å². The number of carbonyl (C=O) groups excluding carboxylic acids is 1. The molecule has 1 amide bonds. The third-order valence-electron chi connectivity index (χ3n) is 2.34. The Labute approximate surface area is 101 Å². The molecule has 16 heavy (non-hydrogen) atoms. The van der Waals surface area contributed by atoms with E-state index in [1.807, 2.05) is 0 Å². The Balaban J connectivity index is 2.97. The Bertz CT molecular complexity index is 403. The number of nitrogens with zero attached hydrogens (tertiary/aromatic N) is 1. The molecule has 0 saturated carbocycles. The number of rotatable bonds is 4. The number of primary amides is 1. The normalized spacial score (nSPS) is 14.1. The van der Waals surface area contributed by atoms with E-state index in [1.54, 1.807) is 18.3 Å². The summed E-state index contributed by atoms with van der Waals surface area (Å²) in [5.74, 6) is -2.12. The van der Waals surface area contributed by atoms with E-state index in [2.05, 4.69) is 20.9 Å². The van der Waals surface area contributed by atoms with Gasteiger partial charge in [-0.2, -0.15) is 0 Å². The van der Waals surface area contributed by atoms with Crippen LogP contribution in [0.4, 0.5) is 0 Å². The van der Waals surface area contributed by atoms with Crippen LogP contribution in [0.25, 0.3) is 0 Å². The van der Waals surface area contributed by atoms with Crippen molar-refractivity contribution in [1.82, 2.24) is 4.98 Å². The molecule has 5 nitrogen and oxygen atoms in total. The van der Waals surface area contributed by atoms with Crippen LogP contribution in [0.2, 0.25) is 0 Å². The minimum atomic E-state index is -1.62. The monoisotopic (exact) mass is 286 g/mol. The highest BCUT2D eigenvalue weighted by atomic mass is 79.9. The maximum atomic E-state index is 11.1. The van der Waals surface area contributed by atoms with Gasteiger partial charge < -0.3 is 10.8 Å². The highest BCUT2D eigenvalue weighted by Crippen LogP contribution is 2.22. The summed E-state index contributed by atoms with van der Waals surface area (Å²) in [6.45, 7) is 1.29. The van der Waals surface area contributed by atoms with Crippen molar-refractivity contribution in [3.8, 4) is 0 Å². The van der Waals surface area contributed by atoms with Gasteiger partial charge in [-0.25, -0.2) is 0 Å². The van der Waals surface area contributed by atoms with Crippen LogP contribution in [0, 0.1) is 5.41 Å². The van der Waals surface area contributed by atoms with E-state index in [0.29, 0.717) is 5.69 Å². The van der Waals surface area contributed by atoms with Crippen molar-refractivity contribution in [3.05, 3.63) is 28.5 Å². The largest absolute Gasteiger partial charge is 0.480 e. The Kier molecular flexibility index (Phi) is 3.64. The molecule has 6 heteroatoms. The molecule has 1 rings (SSSR count). The number of halogens is 1. The number of nitrogens with two attached hydrogens (primary N) is 1. The molecule has 1 aromatic heterocycles. The van der Waals surface area contributed by atoms with Gasteiger partial charge in [-0.05, 0) is 35.0 Å². The number of amides is 1. The molecule has 0 aliphatic carbocycles. The van der Waals surface area contributed by atoms with Crippen LogP contribution < -0.4 is 5.73 Å². The Hall–Kier alpha value is -1.43. The van der Waals surface area contributed by atoms with Crippen LogP contribution in [0.3, 0.4) is 0 Å². The fourth-order valence-corrected chi connectivity index (χ4v) is 1.38. The van der Waals surface area contributed by atoms with Crippen LogP contribution in [0.1, 0.15) is 12.6 Å². The topological polar surface area (TPSA) is 93.3 Å². The zero-order chi connectivity index (χ0) is 12.3. The number of aromatic nitrogens is 1. The summed E-state index contributed by atoms with van der Waals surface area (Å²) in [5.41, 5.74) is 3.98. The fraction of sp³-hybridized carbons (Fsp3) is 0.300. The summed E-state index contributed by atoms with van der Waals surface area (Å²) in [6, 6.07) is 3.37. The predicted octanol–water partition coefficient (Wildman–Crippen LogP) is 0.963. The first-order valence-corrected chi connectivity index (χ1v) is 5.29. The van der Waals surface area contributed by atoms with Gasteiger partial charge in [0.25, 0.3) is 0 Å². The van der Waals surface area contributed by atoms with E-state index in [1.165, 1.54) is 6.92 Å². The van der Waals surface area contributed by atoms with Crippen molar-refractivity contribution in [2.45, 2.75) is 13.3 Å². The predicted molar refractivity (Wildman–Crippen MR) is 60.6 cm³/mol. The number of hydrogen-bond donors (Lipinski definition) is 2. The van der Waals surface area contributed by atoms with E-state index in [-0.39, 0.29) is 6.42 Å². The second kappa shape index (κ2) is 4.61. The van der Waals surface area contributed by atoms with E-state index >= 15 is 0 Å². The SMILES string of the molecule is CC(Cc1ccc(Br)cn1)(C(N)=O)C(=O)O. The van der Waals surface area contributed by atoms with E-state index in [9.17, 15) is 9.59 Å². The van der Waals surface area contributed by atoms with E-state index < -0.39 is 17.3 Å². The van der Waals surface area contributed by atoms with E-state index in [4.69, 9.17) is 10.8 Å². The lowest BCUT2D eigenvalue weighted by Gasteiger charge is -2.20. The van der Waals surface area contributed by atoms with Crippen LogP contribution in [-0.4, -0.2) is 22.0 Å². The minimum absolute atomic E-state index is 0.0229. The van der Waals surface area contributed by atoms with Crippen LogP contribution >= 0.6 is 15.9 Å². The molecule has 0 bridgehead atoms. The maximum Gasteiger partial charge on any atom is 0.319 e. The second-order valence-electron chi connectivity index (χ2n) is 3.65. The number of pyridine rings is 1. The molecule has 0 aromatic carbocycles. The molecule has 3 N–H and O–H groups in total. The first kappa shape index (κ1) is 12.6. The van der Waals surface area contributed by atoms with Gasteiger partial charge in [0.15, 0.2) is 0 Å². The van der Waals surface area contributed by atoms with Crippen molar-refractivity contribution in [2.24, 2.45) is 11.1 Å². The summed E-state index contributed by atoms with van der Waals surface area (Å²) in [6.07, 6.45) is 1.52. The third kappa shape index (κ3) is 2.57. The quantitative estimate of drug-likeness (QED) is 0.807. The van der Waals surface area contributed by atoms with Crippen LogP contribution in [0.5, 0.6) is 0 Å². The smallest absolute Gasteiger partial charge is 0.319 e. The average Bonchev–Trinajstić information content (AvgIpc) is 2.20. The second-order valence-corrected chi connectivity index (χ2v) is 4.56. The zero-order valence-corrected chi connectivity index (χ0v) is 10.2. The molecule has 0 aliphatic rings. The number of carboxylic acids is 1. The van der Waals surface area contributed by atoms with Gasteiger partial charge in [0, 0.05) is 22.8 Å². The maximum absolute atomic E-state index is 11.1. The zero-order valence-electron chi connectivity index (χ0n) is 8.61. The lowest BCUT2D eigenvalue weighted by molar-refractivity contribution is -0.153. The summed E-state index contributed by atoms with van der Waals surface area (Å²) >= 11 is 3.21. The Morgan fingerprint density at radius 3 is 2.56 bits per heavy atom. The summed E-state index contributed by atoms with van der Waals surface area (Å²) in [5, 5.41) is 8.98. The third-order valence-corrected chi connectivity index (χ3v) is 2.81. The lowest BCUT2D eigenvalue weighted by atomic mass is 9.84. The number of carbonyl (C=O) groups is 2. The average molecular weight is 287 g/mol. The molecule has 0 radical (unpaired) electrons. The van der Waals surface area contributed by atoms with Crippen molar-refractivity contribution in [1.29, 1.82) is 0 Å². The summed E-state index contributed by atoms with van der Waals surface area (Å²) in [4.78, 5) is 26.1. The molecule has 0 fully saturated rings. The summed E-state index contributed by atoms with van der Waals surface area (Å²) in [7, 11) is 0. The van der Waals surface area contributed by atoms with Crippen molar-refractivity contribution < 1.29 is 14.7 Å². The molecule has 86 valence electrons. The molecule has 0 aliphatic heterocycles. The van der Waals surface area contributed by atoms with Gasteiger partial charge in [-0.3, -0.25) is 14.6 Å². The van der Waals surface area contributed by atoms with Gasteiger partial charge >= 0.3 is 5.97 Å². The van der Waals surface area contributed by atoms with Gasteiger partial charge in [0.2, 0.25) is 5.91 Å². The van der Waals surface area contributed by atoms with Gasteiger partial charge in [-0.15, -0.1) is 0 Å². The number of hydrogen-bond acceptors (Lipinski definition) is 3. The first-order valence-electron chi connectivity index (χ1n) is 4.50. The Morgan fingerprint density at radius 1 is 1.56 bits per heavy atom. The number of carboxylic acid groups (broad SMARTS) is 1. The van der Waals surface area contributed by atoms with Crippen LogP contribution in [0.15, 0.2) is 22.8 Å². The van der Waals surface area contributed by atoms with Gasteiger partial charge in [-0.1, -0.05) is 0 Å². The number of aliphatic carboxylic acids is 1. The minimum Gasteiger partial charge on any atom is -0.480 e. The molecule has 1 heterocycles. The lowest BCUT2D eigenvalue weighted by Crippen LogP contribution is -2.43.